The molecule has 0 amide bonds. The van der Waals surface area contributed by atoms with E-state index in [0.717, 1.165) is 17.7 Å². The van der Waals surface area contributed by atoms with Crippen LogP contribution in [-0.4, -0.2) is 24.8 Å². The lowest BCUT2D eigenvalue weighted by molar-refractivity contribution is 0.552. The highest BCUT2D eigenvalue weighted by atomic mass is 35.5. The zero-order valence-corrected chi connectivity index (χ0v) is 14.9. The van der Waals surface area contributed by atoms with Gasteiger partial charge in [-0.25, -0.2) is 9.38 Å². The summed E-state index contributed by atoms with van der Waals surface area (Å²) in [7, 11) is 1.94. The molecule has 2 nitrogen and oxygen atoms in total. The van der Waals surface area contributed by atoms with Crippen LogP contribution >= 0.6 is 23.2 Å². The fourth-order valence-corrected chi connectivity index (χ4v) is 2.63. The number of benzene rings is 2. The first-order valence-corrected chi connectivity index (χ1v) is 8.14. The van der Waals surface area contributed by atoms with E-state index in [-0.39, 0.29) is 5.82 Å². The maximum Gasteiger partial charge on any atom is 0.128 e. The Bertz CT molecular complexity index is 709. The van der Waals surface area contributed by atoms with Crippen molar-refractivity contribution in [3.8, 4) is 0 Å². The molecular weight excluding hydrogens is 334 g/mol. The molecule has 0 radical (unpaired) electrons. The summed E-state index contributed by atoms with van der Waals surface area (Å²) in [5.41, 5.74) is 2.95. The van der Waals surface area contributed by atoms with Gasteiger partial charge in [0.2, 0.25) is 0 Å². The van der Waals surface area contributed by atoms with Gasteiger partial charge < -0.3 is 4.90 Å². The van der Waals surface area contributed by atoms with Crippen molar-refractivity contribution in [1.29, 1.82) is 0 Å². The van der Waals surface area contributed by atoms with E-state index in [0.29, 0.717) is 27.7 Å². The minimum absolute atomic E-state index is 0.328. The molecule has 2 aromatic rings. The zero-order valence-electron chi connectivity index (χ0n) is 13.4. The number of hydrogen-bond acceptors (Lipinski definition) is 1. The normalized spacial score (nSPS) is 11.2. The second-order valence-corrected chi connectivity index (χ2v) is 6.24. The van der Waals surface area contributed by atoms with Gasteiger partial charge >= 0.3 is 0 Å². The van der Waals surface area contributed by atoms with E-state index in [9.17, 15) is 4.39 Å². The minimum atomic E-state index is -0.328. The second kappa shape index (κ2) is 7.80. The quantitative estimate of drug-likeness (QED) is 0.501. The van der Waals surface area contributed by atoms with Gasteiger partial charge in [-0.05, 0) is 43.2 Å². The first-order valence-electron chi connectivity index (χ1n) is 7.38. The Morgan fingerprint density at radius 3 is 2.65 bits per heavy atom. The van der Waals surface area contributed by atoms with Gasteiger partial charge in [-0.3, -0.25) is 0 Å². The Balaban J connectivity index is 2.40. The molecule has 2 aromatic carbocycles. The molecule has 0 saturated carbocycles. The molecule has 0 N–H and O–H groups in total. The largest absolute Gasteiger partial charge is 0.366 e. The molecule has 122 valence electrons. The summed E-state index contributed by atoms with van der Waals surface area (Å²) >= 11 is 12.6. The van der Waals surface area contributed by atoms with Crippen molar-refractivity contribution < 1.29 is 4.39 Å². The van der Waals surface area contributed by atoms with Gasteiger partial charge in [0.05, 0.1) is 17.0 Å². The predicted molar refractivity (Wildman–Crippen MR) is 96.9 cm³/mol. The number of hydrogen-bond donors (Lipinski definition) is 0. The van der Waals surface area contributed by atoms with E-state index >= 15 is 0 Å². The maximum atomic E-state index is 14.0. The van der Waals surface area contributed by atoms with Crippen LogP contribution < -0.4 is 0 Å². The lowest BCUT2D eigenvalue weighted by Crippen LogP contribution is -2.14. The topological polar surface area (TPSA) is 15.6 Å². The second-order valence-electron chi connectivity index (χ2n) is 5.45. The van der Waals surface area contributed by atoms with Gasteiger partial charge in [-0.15, -0.1) is 0 Å². The van der Waals surface area contributed by atoms with Crippen molar-refractivity contribution in [2.24, 2.45) is 4.99 Å². The van der Waals surface area contributed by atoms with Gasteiger partial charge in [-0.2, -0.15) is 0 Å². The average molecular weight is 353 g/mol. The van der Waals surface area contributed by atoms with E-state index < -0.39 is 0 Å². The summed E-state index contributed by atoms with van der Waals surface area (Å²) in [6.07, 6.45) is 2.07. The Morgan fingerprint density at radius 1 is 1.26 bits per heavy atom. The van der Waals surface area contributed by atoms with Gasteiger partial charge in [-0.1, -0.05) is 35.3 Å². The summed E-state index contributed by atoms with van der Waals surface area (Å²) in [6, 6.07) is 8.52. The smallest absolute Gasteiger partial charge is 0.128 e. The standard InChI is InChI=1S/C18H19Cl2FN2/c1-4-23(3)11-22-17-9-12(2)8-13(18(17)20)10-14-15(19)6-5-7-16(14)21/h5-9,11H,4,10H2,1-3H3/b22-11-. The molecule has 0 aliphatic carbocycles. The van der Waals surface area contributed by atoms with E-state index in [2.05, 4.69) is 4.99 Å². The molecular formula is C18H19Cl2FN2. The van der Waals surface area contributed by atoms with Crippen molar-refractivity contribution in [3.05, 3.63) is 62.9 Å². The molecule has 0 aliphatic rings. The van der Waals surface area contributed by atoms with Gasteiger partial charge in [0.25, 0.3) is 0 Å². The van der Waals surface area contributed by atoms with Crippen molar-refractivity contribution in [2.75, 3.05) is 13.6 Å². The lowest BCUT2D eigenvalue weighted by Gasteiger charge is -2.12. The van der Waals surface area contributed by atoms with Crippen molar-refractivity contribution in [3.63, 3.8) is 0 Å². The number of nitrogens with zero attached hydrogens (tertiary/aromatic N) is 2. The average Bonchev–Trinajstić information content (AvgIpc) is 2.52. The van der Waals surface area contributed by atoms with Gasteiger partial charge in [0, 0.05) is 30.6 Å². The lowest BCUT2D eigenvalue weighted by atomic mass is 10.0. The molecule has 0 atom stereocenters. The first kappa shape index (κ1) is 17.8. The van der Waals surface area contributed by atoms with Crippen LogP contribution in [0.5, 0.6) is 0 Å². The highest BCUT2D eigenvalue weighted by molar-refractivity contribution is 6.34. The summed E-state index contributed by atoms with van der Waals surface area (Å²) in [5, 5.41) is 0.925. The number of rotatable bonds is 5. The third kappa shape index (κ3) is 4.46. The number of halogens is 3. The minimum Gasteiger partial charge on any atom is -0.366 e. The van der Waals surface area contributed by atoms with Crippen LogP contribution in [0, 0.1) is 12.7 Å². The monoisotopic (exact) mass is 352 g/mol. The van der Waals surface area contributed by atoms with Crippen molar-refractivity contribution in [1.82, 2.24) is 4.90 Å². The SMILES string of the molecule is CCN(C)/C=N\c1cc(C)cc(Cc2c(F)cccc2Cl)c1Cl. The summed E-state index contributed by atoms with van der Waals surface area (Å²) in [5.74, 6) is -0.328. The molecule has 0 saturated heterocycles. The highest BCUT2D eigenvalue weighted by Gasteiger charge is 2.13. The van der Waals surface area contributed by atoms with E-state index in [1.807, 2.05) is 37.9 Å². The fourth-order valence-electron chi connectivity index (χ4n) is 2.18. The maximum absolute atomic E-state index is 14.0. The van der Waals surface area contributed by atoms with Crippen molar-refractivity contribution >= 4 is 35.2 Å². The Labute approximate surface area is 146 Å². The highest BCUT2D eigenvalue weighted by Crippen LogP contribution is 2.33. The van der Waals surface area contributed by atoms with Crippen LogP contribution in [0.25, 0.3) is 0 Å². The molecule has 0 fully saturated rings. The van der Waals surface area contributed by atoms with Crippen LogP contribution in [0.4, 0.5) is 10.1 Å². The molecule has 0 aromatic heterocycles. The van der Waals surface area contributed by atoms with Crippen LogP contribution in [0.2, 0.25) is 10.0 Å². The van der Waals surface area contributed by atoms with Crippen molar-refractivity contribution in [2.45, 2.75) is 20.3 Å². The summed E-state index contributed by atoms with van der Waals surface area (Å²) in [6.45, 7) is 4.85. The predicted octanol–water partition coefficient (Wildman–Crippen LogP) is 5.64. The first-order chi connectivity index (χ1) is 10.9. The van der Waals surface area contributed by atoms with E-state index in [4.69, 9.17) is 23.2 Å². The Kier molecular flexibility index (Phi) is 6.03. The van der Waals surface area contributed by atoms with Gasteiger partial charge in [0.1, 0.15) is 5.82 Å². The number of aryl methyl sites for hydroxylation is 1. The van der Waals surface area contributed by atoms with Crippen LogP contribution in [0.3, 0.4) is 0 Å². The molecule has 23 heavy (non-hydrogen) atoms. The van der Waals surface area contributed by atoms with Gasteiger partial charge in [0.15, 0.2) is 0 Å². The third-order valence-electron chi connectivity index (χ3n) is 3.59. The van der Waals surface area contributed by atoms with E-state index in [1.54, 1.807) is 18.5 Å². The molecule has 0 heterocycles. The van der Waals surface area contributed by atoms with Crippen LogP contribution in [-0.2, 0) is 6.42 Å². The number of aliphatic imine (C=N–C) groups is 1. The molecule has 0 spiro atoms. The Morgan fingerprint density at radius 2 is 2.00 bits per heavy atom. The summed E-state index contributed by atoms with van der Waals surface area (Å²) in [4.78, 5) is 6.38. The Hall–Kier alpha value is -1.58. The molecule has 2 rings (SSSR count). The molecule has 0 aliphatic heterocycles. The van der Waals surface area contributed by atoms with Crippen LogP contribution in [0.1, 0.15) is 23.6 Å². The molecule has 5 heteroatoms. The molecule has 0 unspecified atom stereocenters. The van der Waals surface area contributed by atoms with E-state index in [1.165, 1.54) is 6.07 Å². The third-order valence-corrected chi connectivity index (χ3v) is 4.39. The molecule has 0 bridgehead atoms. The zero-order chi connectivity index (χ0) is 17.0. The fraction of sp³-hybridized carbons (Fsp3) is 0.278. The summed E-state index contributed by atoms with van der Waals surface area (Å²) < 4.78 is 14.0. The van der Waals surface area contributed by atoms with Crippen LogP contribution in [0.15, 0.2) is 35.3 Å².